The van der Waals surface area contributed by atoms with Crippen LogP contribution in [-0.2, 0) is 5.41 Å². The molecular formula is C15H20O2. The van der Waals surface area contributed by atoms with Gasteiger partial charge < -0.3 is 4.42 Å². The first kappa shape index (κ1) is 11.1. The van der Waals surface area contributed by atoms with Crippen LogP contribution in [0.25, 0.3) is 0 Å². The Morgan fingerprint density at radius 2 is 2.00 bits per heavy atom. The monoisotopic (exact) mass is 232 g/mol. The third kappa shape index (κ3) is 1.36. The molecule has 2 nitrogen and oxygen atoms in total. The van der Waals surface area contributed by atoms with E-state index in [1.807, 2.05) is 0 Å². The molecule has 1 fully saturated rings. The van der Waals surface area contributed by atoms with Crippen molar-refractivity contribution in [2.75, 3.05) is 0 Å². The topological polar surface area (TPSA) is 30.2 Å². The van der Waals surface area contributed by atoms with E-state index in [1.54, 1.807) is 12.5 Å². The van der Waals surface area contributed by atoms with Gasteiger partial charge in [0, 0.05) is 17.4 Å². The van der Waals surface area contributed by atoms with Gasteiger partial charge in [-0.1, -0.05) is 27.2 Å². The summed E-state index contributed by atoms with van der Waals surface area (Å²) >= 11 is 0. The maximum Gasteiger partial charge on any atom is 0.166 e. The summed E-state index contributed by atoms with van der Waals surface area (Å²) in [5.41, 5.74) is 2.39. The summed E-state index contributed by atoms with van der Waals surface area (Å²) in [5, 5.41) is 0. The van der Waals surface area contributed by atoms with Gasteiger partial charge in [-0.2, -0.15) is 0 Å². The molecule has 0 unspecified atom stereocenters. The Hall–Kier alpha value is -1.05. The van der Waals surface area contributed by atoms with Crippen molar-refractivity contribution in [3.05, 3.63) is 23.7 Å². The molecule has 1 heterocycles. The fourth-order valence-corrected chi connectivity index (χ4v) is 4.20. The molecule has 0 saturated heterocycles. The average Bonchev–Trinajstić information content (AvgIpc) is 2.71. The third-order valence-corrected chi connectivity index (χ3v) is 5.20. The van der Waals surface area contributed by atoms with Gasteiger partial charge in [-0.15, -0.1) is 0 Å². The van der Waals surface area contributed by atoms with E-state index in [4.69, 9.17) is 4.42 Å². The van der Waals surface area contributed by atoms with Crippen LogP contribution in [0.1, 0.15) is 62.4 Å². The standard InChI is InChI=1S/C15H20O2/c1-14(2)5-4-6-15(3)11-9-17-8-10(11)12(16)7-13(14)15/h8-9,13H,4-7H2,1-3H3/t13-,15+/m0/s1. The van der Waals surface area contributed by atoms with Crippen LogP contribution in [0.3, 0.4) is 0 Å². The molecule has 0 spiro atoms. The van der Waals surface area contributed by atoms with Crippen molar-refractivity contribution in [2.45, 2.75) is 51.9 Å². The summed E-state index contributed by atoms with van der Waals surface area (Å²) in [7, 11) is 0. The second kappa shape index (κ2) is 3.24. The van der Waals surface area contributed by atoms with Crippen LogP contribution in [0, 0.1) is 11.3 Å². The minimum absolute atomic E-state index is 0.137. The number of rotatable bonds is 0. The van der Waals surface area contributed by atoms with Crippen LogP contribution in [0.15, 0.2) is 16.9 Å². The lowest BCUT2D eigenvalue weighted by molar-refractivity contribution is 0.0370. The molecule has 1 aromatic heterocycles. The Bertz CT molecular complexity index is 469. The first-order valence-corrected chi connectivity index (χ1v) is 6.55. The maximum atomic E-state index is 12.2. The summed E-state index contributed by atoms with van der Waals surface area (Å²) < 4.78 is 5.30. The van der Waals surface area contributed by atoms with Gasteiger partial charge in [0.25, 0.3) is 0 Å². The molecule has 2 heteroatoms. The zero-order valence-electron chi connectivity index (χ0n) is 10.9. The second-order valence-corrected chi connectivity index (χ2v) is 6.64. The minimum Gasteiger partial charge on any atom is -0.472 e. The SMILES string of the molecule is CC1(C)CCC[C@]2(C)c3cocc3C(=O)C[C@@H]12. The number of furan rings is 1. The van der Waals surface area contributed by atoms with Crippen molar-refractivity contribution in [1.29, 1.82) is 0 Å². The van der Waals surface area contributed by atoms with Crippen LogP contribution in [0.4, 0.5) is 0 Å². The van der Waals surface area contributed by atoms with Crippen LogP contribution >= 0.6 is 0 Å². The summed E-state index contributed by atoms with van der Waals surface area (Å²) in [4.78, 5) is 12.2. The molecule has 0 radical (unpaired) electrons. The lowest BCUT2D eigenvalue weighted by Gasteiger charge is -2.52. The molecule has 3 rings (SSSR count). The number of carbonyl (C=O) groups is 1. The van der Waals surface area contributed by atoms with Crippen molar-refractivity contribution in [3.8, 4) is 0 Å². The van der Waals surface area contributed by atoms with Crippen LogP contribution in [0.5, 0.6) is 0 Å². The van der Waals surface area contributed by atoms with Gasteiger partial charge in [-0.25, -0.2) is 0 Å². The quantitative estimate of drug-likeness (QED) is 0.678. The highest BCUT2D eigenvalue weighted by atomic mass is 16.3. The van der Waals surface area contributed by atoms with Crippen LogP contribution < -0.4 is 0 Å². The number of hydrogen-bond acceptors (Lipinski definition) is 2. The Kier molecular flexibility index (Phi) is 2.11. The molecule has 1 aromatic rings. The number of fused-ring (bicyclic) bond motifs is 3. The molecule has 0 aliphatic heterocycles. The van der Waals surface area contributed by atoms with Gasteiger partial charge in [0.1, 0.15) is 6.26 Å². The highest BCUT2D eigenvalue weighted by Crippen LogP contribution is 2.57. The second-order valence-electron chi connectivity index (χ2n) is 6.64. The zero-order chi connectivity index (χ0) is 12.3. The molecule has 2 aliphatic rings. The molecular weight excluding hydrogens is 212 g/mol. The van der Waals surface area contributed by atoms with Crippen molar-refractivity contribution in [1.82, 2.24) is 0 Å². The van der Waals surface area contributed by atoms with Gasteiger partial charge >= 0.3 is 0 Å². The number of hydrogen-bond donors (Lipinski definition) is 0. The molecule has 92 valence electrons. The first-order chi connectivity index (χ1) is 7.95. The summed E-state index contributed by atoms with van der Waals surface area (Å²) in [6, 6.07) is 0. The summed E-state index contributed by atoms with van der Waals surface area (Å²) in [5.74, 6) is 0.729. The predicted octanol–water partition coefficient (Wildman–Crippen LogP) is 3.95. The lowest BCUT2D eigenvalue weighted by Crippen LogP contribution is -2.48. The van der Waals surface area contributed by atoms with E-state index in [-0.39, 0.29) is 16.6 Å². The van der Waals surface area contributed by atoms with Gasteiger partial charge in [0.2, 0.25) is 0 Å². The number of ketones is 1. The molecule has 0 aromatic carbocycles. The molecule has 2 atom stereocenters. The molecule has 0 N–H and O–H groups in total. The highest BCUT2D eigenvalue weighted by Gasteiger charge is 2.52. The summed E-state index contributed by atoms with van der Waals surface area (Å²) in [6.45, 7) is 6.94. The van der Waals surface area contributed by atoms with E-state index in [0.29, 0.717) is 12.3 Å². The van der Waals surface area contributed by atoms with Crippen molar-refractivity contribution < 1.29 is 9.21 Å². The van der Waals surface area contributed by atoms with Gasteiger partial charge in [-0.3, -0.25) is 4.79 Å². The predicted molar refractivity (Wildman–Crippen MR) is 66.1 cm³/mol. The Morgan fingerprint density at radius 3 is 2.76 bits per heavy atom. The van der Waals surface area contributed by atoms with Crippen molar-refractivity contribution >= 4 is 5.78 Å². The van der Waals surface area contributed by atoms with Crippen LogP contribution in [0.2, 0.25) is 0 Å². The Labute approximate surface area is 102 Å². The fraction of sp³-hybridized carbons (Fsp3) is 0.667. The molecule has 17 heavy (non-hydrogen) atoms. The van der Waals surface area contributed by atoms with E-state index < -0.39 is 0 Å². The van der Waals surface area contributed by atoms with Crippen molar-refractivity contribution in [2.24, 2.45) is 11.3 Å². The van der Waals surface area contributed by atoms with E-state index >= 15 is 0 Å². The highest BCUT2D eigenvalue weighted by molar-refractivity contribution is 5.99. The van der Waals surface area contributed by atoms with Gasteiger partial charge in [-0.05, 0) is 24.2 Å². The van der Waals surface area contributed by atoms with E-state index in [0.717, 1.165) is 11.1 Å². The lowest BCUT2D eigenvalue weighted by atomic mass is 9.51. The summed E-state index contributed by atoms with van der Waals surface area (Å²) in [6.07, 6.45) is 7.80. The fourth-order valence-electron chi connectivity index (χ4n) is 4.20. The smallest absolute Gasteiger partial charge is 0.166 e. The van der Waals surface area contributed by atoms with Crippen LogP contribution in [-0.4, -0.2) is 5.78 Å². The van der Waals surface area contributed by atoms with E-state index in [9.17, 15) is 4.79 Å². The average molecular weight is 232 g/mol. The maximum absolute atomic E-state index is 12.2. The molecule has 0 bridgehead atoms. The first-order valence-electron chi connectivity index (χ1n) is 6.55. The van der Waals surface area contributed by atoms with Crippen molar-refractivity contribution in [3.63, 3.8) is 0 Å². The Morgan fingerprint density at radius 1 is 1.24 bits per heavy atom. The van der Waals surface area contributed by atoms with E-state index in [1.165, 1.54) is 19.3 Å². The third-order valence-electron chi connectivity index (χ3n) is 5.20. The normalized spacial score (nSPS) is 35.2. The van der Waals surface area contributed by atoms with E-state index in [2.05, 4.69) is 20.8 Å². The minimum atomic E-state index is 0.137. The number of Topliss-reactive ketones (excluding diaryl/α,β-unsaturated/α-hetero) is 1. The van der Waals surface area contributed by atoms with Gasteiger partial charge in [0.15, 0.2) is 5.78 Å². The largest absolute Gasteiger partial charge is 0.472 e. The molecule has 1 saturated carbocycles. The Balaban J connectivity index is 2.16. The van der Waals surface area contributed by atoms with Gasteiger partial charge in [0.05, 0.1) is 11.8 Å². The number of carbonyl (C=O) groups excluding carboxylic acids is 1. The molecule has 2 aliphatic carbocycles. The zero-order valence-corrected chi connectivity index (χ0v) is 10.9. The molecule has 0 amide bonds.